The summed E-state index contributed by atoms with van der Waals surface area (Å²) < 4.78 is 31.6. The van der Waals surface area contributed by atoms with Crippen molar-refractivity contribution in [2.24, 2.45) is 0 Å². The van der Waals surface area contributed by atoms with Gasteiger partial charge in [0, 0.05) is 0 Å². The van der Waals surface area contributed by atoms with Crippen LogP contribution in [0.2, 0.25) is 0 Å². The number of rotatable bonds is 0. The summed E-state index contributed by atoms with van der Waals surface area (Å²) in [5.41, 5.74) is 0. The van der Waals surface area contributed by atoms with Crippen LogP contribution in [-0.2, 0) is 10.4 Å². The molecule has 5 nitrogen and oxygen atoms in total. The van der Waals surface area contributed by atoms with Crippen LogP contribution in [0, 0.1) is 0 Å². The van der Waals surface area contributed by atoms with Crippen molar-refractivity contribution in [3.63, 3.8) is 0 Å². The second kappa shape index (κ2) is 8.63. The quantitative estimate of drug-likeness (QED) is 0.357. The molecule has 4 N–H and O–H groups in total. The van der Waals surface area contributed by atoms with E-state index >= 15 is 0 Å². The van der Waals surface area contributed by atoms with E-state index in [0.29, 0.717) is 0 Å². The van der Waals surface area contributed by atoms with Gasteiger partial charge in [0.25, 0.3) is 0 Å². The van der Waals surface area contributed by atoms with Gasteiger partial charge in [0.15, 0.2) is 0 Å². The first-order valence-electron chi connectivity index (χ1n) is 0.698. The van der Waals surface area contributed by atoms with Gasteiger partial charge in [-0.2, -0.15) is 8.42 Å². The van der Waals surface area contributed by atoms with Gasteiger partial charge in [0.1, 0.15) is 0 Å². The fourth-order valence-corrected chi connectivity index (χ4v) is 0. The molecule has 0 aliphatic carbocycles. The summed E-state index contributed by atoms with van der Waals surface area (Å²) in [5, 5.41) is 0. The van der Waals surface area contributed by atoms with E-state index in [0.717, 1.165) is 0 Å². The molecule has 0 atom stereocenters. The first kappa shape index (κ1) is 22.6. The van der Waals surface area contributed by atoms with Crippen molar-refractivity contribution in [2.45, 2.75) is 0 Å². The predicted octanol–water partition coefficient (Wildman–Crippen LogP) is -3.04. The molecule has 8 heteroatoms. The first-order valence-corrected chi connectivity index (χ1v) is 2.10. The molecular formula is H7NaO5SSn. The topological polar surface area (TPSA) is 106 Å². The van der Waals surface area contributed by atoms with Gasteiger partial charge >= 0.3 is 63.9 Å². The fourth-order valence-electron chi connectivity index (χ4n) is 0. The molecule has 0 rings (SSSR count). The van der Waals surface area contributed by atoms with Crippen LogP contribution in [0.3, 0.4) is 0 Å². The van der Waals surface area contributed by atoms with Gasteiger partial charge in [0.2, 0.25) is 0 Å². The summed E-state index contributed by atoms with van der Waals surface area (Å²) in [4.78, 5) is 0. The van der Waals surface area contributed by atoms with Crippen molar-refractivity contribution in [2.75, 3.05) is 0 Å². The van der Waals surface area contributed by atoms with Gasteiger partial charge < -0.3 is 5.48 Å². The Labute approximate surface area is 86.0 Å². The fraction of sp³-hybridized carbons (Fsp3) is 0. The van der Waals surface area contributed by atoms with E-state index in [4.69, 9.17) is 17.5 Å². The van der Waals surface area contributed by atoms with Crippen molar-refractivity contribution in [3.05, 3.63) is 0 Å². The maximum atomic E-state index is 8.74. The van der Waals surface area contributed by atoms with Crippen molar-refractivity contribution in [3.8, 4) is 0 Å². The van der Waals surface area contributed by atoms with Gasteiger partial charge in [-0.1, -0.05) is 0 Å². The van der Waals surface area contributed by atoms with Gasteiger partial charge in [-0.3, -0.25) is 9.11 Å². The van der Waals surface area contributed by atoms with Crippen molar-refractivity contribution in [1.82, 2.24) is 0 Å². The van der Waals surface area contributed by atoms with Crippen LogP contribution in [0.5, 0.6) is 0 Å². The molecule has 0 aromatic heterocycles. The molecule has 0 spiro atoms. The van der Waals surface area contributed by atoms with Crippen LogP contribution < -0.4 is 0 Å². The Kier molecular flexibility index (Phi) is 24.4. The SMILES string of the molecule is O.O=S(=O)(O)O.[NaH].[SnH2]. The summed E-state index contributed by atoms with van der Waals surface area (Å²) in [5.74, 6) is 0. The summed E-state index contributed by atoms with van der Waals surface area (Å²) >= 11 is 0. The van der Waals surface area contributed by atoms with Crippen molar-refractivity contribution in [1.29, 1.82) is 0 Å². The Morgan fingerprint density at radius 3 is 1.12 bits per heavy atom. The zero-order valence-corrected chi connectivity index (χ0v) is 8.18. The molecule has 8 heavy (non-hydrogen) atoms. The van der Waals surface area contributed by atoms with Crippen LogP contribution in [0.15, 0.2) is 0 Å². The molecule has 0 amide bonds. The zero-order chi connectivity index (χ0) is 4.50. The molecule has 0 saturated heterocycles. The van der Waals surface area contributed by atoms with Gasteiger partial charge in [-0.05, 0) is 0 Å². The van der Waals surface area contributed by atoms with E-state index in [1.54, 1.807) is 0 Å². The average Bonchev–Trinajstić information content (AvgIpc) is 0.722. The Balaban J connectivity index is -0.0000000267. The molecule has 2 radical (unpaired) electrons. The van der Waals surface area contributed by atoms with Crippen molar-refractivity contribution < 1.29 is 23.0 Å². The van der Waals surface area contributed by atoms with E-state index in [2.05, 4.69) is 0 Å². The molecule has 0 aliphatic rings. The Hall–Kier alpha value is 1.63. The second-order valence-electron chi connectivity index (χ2n) is 0.448. The Bertz CT molecular complexity index is 95.6. The Morgan fingerprint density at radius 2 is 1.12 bits per heavy atom. The second-order valence-corrected chi connectivity index (χ2v) is 1.34. The molecule has 0 aliphatic heterocycles. The minimum absolute atomic E-state index is 0. The van der Waals surface area contributed by atoms with E-state index in [1.807, 2.05) is 0 Å². The Morgan fingerprint density at radius 1 is 1.12 bits per heavy atom. The van der Waals surface area contributed by atoms with Gasteiger partial charge in [0.05, 0.1) is 0 Å². The third-order valence-corrected chi connectivity index (χ3v) is 0. The standard InChI is InChI=1S/Na.H2O4S.H2O.Sn.3H/c;1-5(2,3)4;;;;;/h;(H2,1,2,3,4);1H2;;;;. The minimum atomic E-state index is -4.67. The summed E-state index contributed by atoms with van der Waals surface area (Å²) in [6.45, 7) is 0. The molecule has 0 bridgehead atoms. The van der Waals surface area contributed by atoms with Gasteiger partial charge in [-0.15, -0.1) is 0 Å². The molecule has 0 saturated carbocycles. The van der Waals surface area contributed by atoms with Crippen LogP contribution >= 0.6 is 0 Å². The normalized spacial score (nSPS) is 7.25. The van der Waals surface area contributed by atoms with E-state index in [1.165, 1.54) is 0 Å². The third kappa shape index (κ3) is 126. The zero-order valence-electron chi connectivity index (χ0n) is 3.33. The first-order chi connectivity index (χ1) is 2.00. The van der Waals surface area contributed by atoms with E-state index in [-0.39, 0.29) is 58.9 Å². The van der Waals surface area contributed by atoms with Crippen LogP contribution in [-0.4, -0.2) is 76.5 Å². The maximum absolute atomic E-state index is 8.74. The number of hydrogen-bond donors (Lipinski definition) is 2. The average molecular weight is 261 g/mol. The molecular weight excluding hydrogens is 254 g/mol. The molecule has 48 valence electrons. The van der Waals surface area contributed by atoms with Crippen LogP contribution in [0.4, 0.5) is 0 Å². The van der Waals surface area contributed by atoms with E-state index < -0.39 is 10.4 Å². The van der Waals surface area contributed by atoms with Crippen LogP contribution in [0.1, 0.15) is 0 Å². The molecule has 0 aromatic rings. The van der Waals surface area contributed by atoms with Gasteiger partial charge in [-0.25, -0.2) is 0 Å². The molecule has 0 heterocycles. The summed E-state index contributed by atoms with van der Waals surface area (Å²) in [6.07, 6.45) is 0. The monoisotopic (exact) mass is 262 g/mol. The third-order valence-electron chi connectivity index (χ3n) is 0. The van der Waals surface area contributed by atoms with Crippen LogP contribution in [0.25, 0.3) is 0 Å². The predicted molar refractivity (Wildman–Crippen MR) is 33.5 cm³/mol. The number of hydrogen-bond acceptors (Lipinski definition) is 2. The summed E-state index contributed by atoms with van der Waals surface area (Å²) in [7, 11) is -4.67. The molecule has 0 aromatic carbocycles. The molecule has 0 unspecified atom stereocenters. The summed E-state index contributed by atoms with van der Waals surface area (Å²) in [6, 6.07) is 0. The van der Waals surface area contributed by atoms with Crippen molar-refractivity contribution >= 4 is 63.9 Å². The van der Waals surface area contributed by atoms with E-state index in [9.17, 15) is 0 Å². The molecule has 0 fully saturated rings.